The number of rotatable bonds is 5. The van der Waals surface area contributed by atoms with E-state index in [-0.39, 0.29) is 11.8 Å². The molecule has 1 aliphatic rings. The fourth-order valence-corrected chi connectivity index (χ4v) is 5.22. The van der Waals surface area contributed by atoms with Crippen LogP contribution in [0.15, 0.2) is 89.8 Å². The summed E-state index contributed by atoms with van der Waals surface area (Å²) < 4.78 is 2.56. The molecule has 0 aliphatic carbocycles. The van der Waals surface area contributed by atoms with Crippen molar-refractivity contribution in [3.63, 3.8) is 0 Å². The highest BCUT2D eigenvalue weighted by molar-refractivity contribution is 8.26. The molecule has 1 aliphatic heterocycles. The van der Waals surface area contributed by atoms with Crippen molar-refractivity contribution in [3.05, 3.63) is 112 Å². The van der Waals surface area contributed by atoms with Crippen LogP contribution in [-0.4, -0.2) is 25.7 Å². The molecule has 168 valence electrons. The molecule has 7 heteroatoms. The first-order valence-corrected chi connectivity index (χ1v) is 12.0. The molecule has 34 heavy (non-hydrogen) atoms. The Morgan fingerprint density at radius 3 is 2.35 bits per heavy atom. The number of aromatic nitrogens is 1. The second-order valence-electron chi connectivity index (χ2n) is 7.91. The Morgan fingerprint density at radius 1 is 0.971 bits per heavy atom. The van der Waals surface area contributed by atoms with E-state index in [9.17, 15) is 9.59 Å². The third kappa shape index (κ3) is 4.16. The predicted octanol–water partition coefficient (Wildman–Crippen LogP) is 5.54. The van der Waals surface area contributed by atoms with Gasteiger partial charge in [0.2, 0.25) is 0 Å². The second-order valence-corrected chi connectivity index (χ2v) is 9.59. The zero-order valence-corrected chi connectivity index (χ0v) is 20.0. The standard InChI is InChI=1S/C27H21N3O2S2/c1-18-22(21-14-8-9-15-23(21)29(18)17-19-10-4-2-5-11-19)16-24-26(32)30(27(33)34-24)28-25(31)20-12-6-3-7-13-20/h2-16H,17H2,1H3,(H,28,31)/b24-16-. The number of nitrogens with zero attached hydrogens (tertiary/aromatic N) is 2. The first kappa shape index (κ1) is 22.1. The van der Waals surface area contributed by atoms with Gasteiger partial charge in [-0.25, -0.2) is 0 Å². The molecule has 5 nitrogen and oxygen atoms in total. The molecular weight excluding hydrogens is 462 g/mol. The maximum Gasteiger partial charge on any atom is 0.285 e. The lowest BCUT2D eigenvalue weighted by Gasteiger charge is -2.15. The third-order valence-electron chi connectivity index (χ3n) is 5.78. The molecule has 0 spiro atoms. The van der Waals surface area contributed by atoms with Crippen LogP contribution in [0.4, 0.5) is 0 Å². The van der Waals surface area contributed by atoms with Crippen LogP contribution in [0.25, 0.3) is 17.0 Å². The number of hydrogen-bond acceptors (Lipinski definition) is 4. The van der Waals surface area contributed by atoms with Crippen molar-refractivity contribution in [2.75, 3.05) is 0 Å². The largest absolute Gasteiger partial charge is 0.340 e. The summed E-state index contributed by atoms with van der Waals surface area (Å²) in [5.74, 6) is -0.715. The fourth-order valence-electron chi connectivity index (χ4n) is 4.06. The third-order valence-corrected chi connectivity index (χ3v) is 7.08. The quantitative estimate of drug-likeness (QED) is 0.299. The monoisotopic (exact) mass is 483 g/mol. The van der Waals surface area contributed by atoms with Gasteiger partial charge in [-0.05, 0) is 49.0 Å². The molecule has 0 saturated carbocycles. The zero-order chi connectivity index (χ0) is 23.7. The molecule has 0 radical (unpaired) electrons. The number of hydrazine groups is 1. The van der Waals surface area contributed by atoms with Crippen molar-refractivity contribution in [3.8, 4) is 0 Å². The van der Waals surface area contributed by atoms with Crippen molar-refractivity contribution in [2.24, 2.45) is 0 Å². The van der Waals surface area contributed by atoms with E-state index in [0.717, 1.165) is 33.7 Å². The summed E-state index contributed by atoms with van der Waals surface area (Å²) in [7, 11) is 0. The van der Waals surface area contributed by atoms with Gasteiger partial charge in [-0.1, -0.05) is 78.5 Å². The number of nitrogens with one attached hydrogen (secondary N) is 1. The zero-order valence-electron chi connectivity index (χ0n) is 18.4. The summed E-state index contributed by atoms with van der Waals surface area (Å²) in [6.07, 6.45) is 1.88. The minimum absolute atomic E-state index is 0.297. The number of fused-ring (bicyclic) bond motifs is 1. The molecule has 1 aromatic heterocycles. The lowest BCUT2D eigenvalue weighted by atomic mass is 10.1. The number of carbonyl (C=O) groups excluding carboxylic acids is 2. The Kier molecular flexibility index (Phi) is 6.04. The van der Waals surface area contributed by atoms with Gasteiger partial charge in [0.1, 0.15) is 0 Å². The number of thiocarbonyl (C=S) groups is 1. The molecule has 1 saturated heterocycles. The normalized spacial score (nSPS) is 14.9. The van der Waals surface area contributed by atoms with Crippen LogP contribution in [0.5, 0.6) is 0 Å². The molecule has 1 N–H and O–H groups in total. The van der Waals surface area contributed by atoms with E-state index >= 15 is 0 Å². The van der Waals surface area contributed by atoms with E-state index < -0.39 is 0 Å². The van der Waals surface area contributed by atoms with Gasteiger partial charge in [0.05, 0.1) is 4.91 Å². The predicted molar refractivity (Wildman–Crippen MR) is 141 cm³/mol. The summed E-state index contributed by atoms with van der Waals surface area (Å²) in [5, 5.41) is 2.22. The summed E-state index contributed by atoms with van der Waals surface area (Å²) in [5.41, 5.74) is 7.43. The molecule has 0 bridgehead atoms. The van der Waals surface area contributed by atoms with Crippen molar-refractivity contribution in [2.45, 2.75) is 13.5 Å². The van der Waals surface area contributed by atoms with Gasteiger partial charge in [-0.15, -0.1) is 0 Å². The van der Waals surface area contributed by atoms with Crippen molar-refractivity contribution in [1.29, 1.82) is 0 Å². The van der Waals surface area contributed by atoms with Gasteiger partial charge in [0, 0.05) is 34.3 Å². The molecule has 1 fully saturated rings. The van der Waals surface area contributed by atoms with Gasteiger partial charge < -0.3 is 4.57 Å². The number of hydrogen-bond donors (Lipinski definition) is 1. The summed E-state index contributed by atoms with van der Waals surface area (Å²) in [6.45, 7) is 2.79. The molecule has 0 unspecified atom stereocenters. The number of benzene rings is 3. The molecule has 2 amide bonds. The van der Waals surface area contributed by atoms with E-state index in [1.54, 1.807) is 24.3 Å². The molecule has 4 aromatic rings. The van der Waals surface area contributed by atoms with Crippen LogP contribution < -0.4 is 5.43 Å². The maximum absolute atomic E-state index is 13.2. The van der Waals surface area contributed by atoms with Crippen LogP contribution in [0.1, 0.15) is 27.2 Å². The average molecular weight is 484 g/mol. The van der Waals surface area contributed by atoms with E-state index in [0.29, 0.717) is 14.8 Å². The minimum Gasteiger partial charge on any atom is -0.340 e. The Bertz CT molecular complexity index is 1440. The molecular formula is C27H21N3O2S2. The lowest BCUT2D eigenvalue weighted by molar-refractivity contribution is -0.123. The Morgan fingerprint density at radius 2 is 1.62 bits per heavy atom. The first-order valence-electron chi connectivity index (χ1n) is 10.8. The van der Waals surface area contributed by atoms with Gasteiger partial charge in [-0.3, -0.25) is 15.0 Å². The molecule has 3 aromatic carbocycles. The van der Waals surface area contributed by atoms with E-state index in [1.807, 2.05) is 42.5 Å². The summed E-state index contributed by atoms with van der Waals surface area (Å²) >= 11 is 6.60. The van der Waals surface area contributed by atoms with Crippen LogP contribution in [0.2, 0.25) is 0 Å². The van der Waals surface area contributed by atoms with E-state index in [1.165, 1.54) is 17.3 Å². The Labute approximate surface area is 207 Å². The highest BCUT2D eigenvalue weighted by atomic mass is 32.2. The van der Waals surface area contributed by atoms with Gasteiger partial charge >= 0.3 is 0 Å². The van der Waals surface area contributed by atoms with Crippen LogP contribution in [0.3, 0.4) is 0 Å². The molecule has 5 rings (SSSR count). The highest BCUT2D eigenvalue weighted by Crippen LogP contribution is 2.35. The van der Waals surface area contributed by atoms with E-state index in [4.69, 9.17) is 12.2 Å². The van der Waals surface area contributed by atoms with Gasteiger partial charge in [0.15, 0.2) is 4.32 Å². The minimum atomic E-state index is -0.381. The van der Waals surface area contributed by atoms with Crippen molar-refractivity contribution < 1.29 is 9.59 Å². The smallest absolute Gasteiger partial charge is 0.285 e. The molecule has 2 heterocycles. The van der Waals surface area contributed by atoms with Crippen LogP contribution in [-0.2, 0) is 11.3 Å². The van der Waals surface area contributed by atoms with E-state index in [2.05, 4.69) is 41.2 Å². The van der Waals surface area contributed by atoms with Gasteiger partial charge in [-0.2, -0.15) is 5.01 Å². The second kappa shape index (κ2) is 9.29. The highest BCUT2D eigenvalue weighted by Gasteiger charge is 2.34. The van der Waals surface area contributed by atoms with Gasteiger partial charge in [0.25, 0.3) is 11.8 Å². The lowest BCUT2D eigenvalue weighted by Crippen LogP contribution is -2.44. The maximum atomic E-state index is 13.2. The van der Waals surface area contributed by atoms with Crippen molar-refractivity contribution in [1.82, 2.24) is 15.0 Å². The van der Waals surface area contributed by atoms with Crippen LogP contribution in [0, 0.1) is 6.92 Å². The first-order chi connectivity index (χ1) is 16.5. The summed E-state index contributed by atoms with van der Waals surface area (Å²) in [4.78, 5) is 26.2. The number of amides is 2. The number of carbonyl (C=O) groups is 2. The van der Waals surface area contributed by atoms with Crippen molar-refractivity contribution >= 4 is 57.1 Å². The SMILES string of the molecule is Cc1c(/C=C2\SC(=S)N(NC(=O)c3ccccc3)C2=O)c2ccccc2n1Cc1ccccc1. The average Bonchev–Trinajstić information content (AvgIpc) is 3.28. The molecule has 0 atom stereocenters. The van der Waals surface area contributed by atoms with Crippen LogP contribution >= 0.6 is 24.0 Å². The summed E-state index contributed by atoms with van der Waals surface area (Å²) in [6, 6.07) is 27.2. The topological polar surface area (TPSA) is 54.3 Å². The number of thioether (sulfide) groups is 1. The Hall–Kier alpha value is -3.68. The fraction of sp³-hybridized carbons (Fsp3) is 0.0741. The Balaban J connectivity index is 1.48. The number of para-hydroxylation sites is 1.